The van der Waals surface area contributed by atoms with Crippen molar-refractivity contribution in [3.63, 3.8) is 0 Å². The lowest BCUT2D eigenvalue weighted by Crippen LogP contribution is -2.65. The smallest absolute Gasteiger partial charge is 0.475 e. The molecule has 29 heavy (non-hydrogen) atoms. The van der Waals surface area contributed by atoms with E-state index >= 15 is 0 Å². The largest absolute Gasteiger partial charge is 0.490 e. The molecule has 158 valence electrons. The van der Waals surface area contributed by atoms with Gasteiger partial charge in [0.15, 0.2) is 0 Å². The average molecular weight is 431 g/mol. The van der Waals surface area contributed by atoms with E-state index in [0.717, 1.165) is 39.1 Å². The second kappa shape index (κ2) is 9.06. The zero-order valence-corrected chi connectivity index (χ0v) is 16.2. The van der Waals surface area contributed by atoms with Gasteiger partial charge in [0.2, 0.25) is 0 Å². The van der Waals surface area contributed by atoms with E-state index in [4.69, 9.17) is 19.4 Å². The van der Waals surface area contributed by atoms with Crippen molar-refractivity contribution in [2.45, 2.75) is 37.3 Å². The van der Waals surface area contributed by atoms with Gasteiger partial charge in [-0.15, -0.1) is 11.3 Å². The van der Waals surface area contributed by atoms with Crippen molar-refractivity contribution < 1.29 is 32.5 Å². The molecular formula is C18H20F3N3O4S. The van der Waals surface area contributed by atoms with Crippen LogP contribution >= 0.6 is 11.3 Å². The summed E-state index contributed by atoms with van der Waals surface area (Å²) in [7, 11) is 0. The molecule has 2 aromatic rings. The van der Waals surface area contributed by atoms with Gasteiger partial charge in [-0.3, -0.25) is 4.90 Å². The summed E-state index contributed by atoms with van der Waals surface area (Å²) in [6, 6.07) is 6.57. The van der Waals surface area contributed by atoms with Crippen molar-refractivity contribution in [1.29, 1.82) is 0 Å². The summed E-state index contributed by atoms with van der Waals surface area (Å²) >= 11 is 1.81. The van der Waals surface area contributed by atoms with Crippen LogP contribution in [0.25, 0.3) is 0 Å². The quantitative estimate of drug-likeness (QED) is 0.797. The number of hydrogen-bond donors (Lipinski definition) is 1. The van der Waals surface area contributed by atoms with Crippen LogP contribution in [0.4, 0.5) is 13.2 Å². The van der Waals surface area contributed by atoms with E-state index < -0.39 is 12.1 Å². The van der Waals surface area contributed by atoms with Crippen LogP contribution in [0.3, 0.4) is 0 Å². The summed E-state index contributed by atoms with van der Waals surface area (Å²) in [5.74, 6) is -2.76. The van der Waals surface area contributed by atoms with Gasteiger partial charge in [0.05, 0.1) is 12.2 Å². The topological polar surface area (TPSA) is 84.8 Å². The normalized spacial score (nSPS) is 21.0. The predicted molar refractivity (Wildman–Crippen MR) is 97.7 cm³/mol. The molecule has 2 saturated heterocycles. The summed E-state index contributed by atoms with van der Waals surface area (Å²) < 4.78 is 43.7. The lowest BCUT2D eigenvalue weighted by Gasteiger charge is -2.52. The molecule has 0 aliphatic carbocycles. The Bertz CT molecular complexity index is 783. The molecule has 11 heteroatoms. The molecular weight excluding hydrogens is 411 g/mol. The van der Waals surface area contributed by atoms with Crippen LogP contribution in [0.15, 0.2) is 36.0 Å². The number of carboxylic acids is 1. The Morgan fingerprint density at radius 1 is 1.34 bits per heavy atom. The fourth-order valence-corrected chi connectivity index (χ4v) is 4.05. The molecule has 4 rings (SSSR count). The van der Waals surface area contributed by atoms with Crippen LogP contribution in [0.5, 0.6) is 6.01 Å². The second-order valence-electron chi connectivity index (χ2n) is 6.82. The Morgan fingerprint density at radius 3 is 2.62 bits per heavy atom. The molecule has 1 spiro atoms. The molecule has 1 N–H and O–H groups in total. The number of ether oxygens (including phenoxy) is 2. The highest BCUT2D eigenvalue weighted by Gasteiger charge is 2.48. The van der Waals surface area contributed by atoms with Crippen molar-refractivity contribution in [2.75, 3.05) is 19.7 Å². The van der Waals surface area contributed by atoms with Gasteiger partial charge < -0.3 is 14.6 Å². The highest BCUT2D eigenvalue weighted by atomic mass is 32.1. The maximum Gasteiger partial charge on any atom is 0.490 e. The first-order valence-electron chi connectivity index (χ1n) is 8.88. The molecule has 1 unspecified atom stereocenters. The van der Waals surface area contributed by atoms with E-state index in [1.54, 1.807) is 18.5 Å². The summed E-state index contributed by atoms with van der Waals surface area (Å²) in [5, 5.41) is 9.26. The predicted octanol–water partition coefficient (Wildman–Crippen LogP) is 2.98. The van der Waals surface area contributed by atoms with E-state index in [9.17, 15) is 13.2 Å². The number of carbonyl (C=O) groups is 1. The standard InChI is InChI=1S/C16H19N3O2S.C2HF3O2/c1-3-14(22-8-1)10-19-11-16(12-19)9-13(4-7-20-16)21-15-17-5-2-6-18-15;3-2(4,5)1(6)7/h1-3,5-6,8,13H,4,7,9-12H2;(H,6,7). The van der Waals surface area contributed by atoms with Gasteiger partial charge >= 0.3 is 18.2 Å². The first kappa shape index (κ1) is 21.5. The molecule has 2 fully saturated rings. The average Bonchev–Trinajstić information content (AvgIpc) is 3.14. The number of alkyl halides is 3. The van der Waals surface area contributed by atoms with Gasteiger partial charge in [-0.2, -0.15) is 13.2 Å². The van der Waals surface area contributed by atoms with E-state index in [-0.39, 0.29) is 11.7 Å². The maximum absolute atomic E-state index is 10.6. The number of nitrogens with zero attached hydrogens (tertiary/aromatic N) is 3. The van der Waals surface area contributed by atoms with Gasteiger partial charge in [0, 0.05) is 49.7 Å². The fraction of sp³-hybridized carbons (Fsp3) is 0.500. The third-order valence-corrected chi connectivity index (χ3v) is 5.35. The molecule has 0 radical (unpaired) electrons. The van der Waals surface area contributed by atoms with E-state index in [2.05, 4.69) is 32.4 Å². The maximum atomic E-state index is 10.6. The third kappa shape index (κ3) is 6.12. The Kier molecular flexibility index (Phi) is 6.70. The number of aliphatic carboxylic acids is 1. The number of hydrogen-bond acceptors (Lipinski definition) is 7. The molecule has 0 saturated carbocycles. The van der Waals surface area contributed by atoms with Crippen LogP contribution in [0.2, 0.25) is 0 Å². The Balaban J connectivity index is 0.000000298. The van der Waals surface area contributed by atoms with E-state index in [0.29, 0.717) is 6.01 Å². The number of rotatable bonds is 4. The third-order valence-electron chi connectivity index (χ3n) is 4.49. The van der Waals surface area contributed by atoms with Crippen molar-refractivity contribution in [2.24, 2.45) is 0 Å². The van der Waals surface area contributed by atoms with Crippen molar-refractivity contribution in [3.05, 3.63) is 40.8 Å². The minimum atomic E-state index is -5.08. The Labute approximate surface area is 169 Å². The summed E-state index contributed by atoms with van der Waals surface area (Å²) in [6.45, 7) is 3.75. The first-order valence-corrected chi connectivity index (χ1v) is 9.76. The highest BCUT2D eigenvalue weighted by Crippen LogP contribution is 2.36. The van der Waals surface area contributed by atoms with Crippen LogP contribution in [0.1, 0.15) is 17.7 Å². The molecule has 0 aromatic carbocycles. The number of carboxylic acid groups (broad SMARTS) is 1. The zero-order valence-electron chi connectivity index (χ0n) is 15.3. The zero-order chi connectivity index (χ0) is 20.9. The highest BCUT2D eigenvalue weighted by molar-refractivity contribution is 7.09. The van der Waals surface area contributed by atoms with Crippen molar-refractivity contribution in [1.82, 2.24) is 14.9 Å². The fourth-order valence-electron chi connectivity index (χ4n) is 3.30. The molecule has 7 nitrogen and oxygen atoms in total. The first-order chi connectivity index (χ1) is 13.8. The van der Waals surface area contributed by atoms with Gasteiger partial charge in [0.1, 0.15) is 6.10 Å². The Morgan fingerprint density at radius 2 is 2.03 bits per heavy atom. The minimum absolute atomic E-state index is 0.0328. The van der Waals surface area contributed by atoms with Crippen LogP contribution in [-0.4, -0.2) is 63.5 Å². The van der Waals surface area contributed by atoms with Crippen LogP contribution in [0, 0.1) is 0 Å². The summed E-state index contributed by atoms with van der Waals surface area (Å²) in [4.78, 5) is 21.0. The van der Waals surface area contributed by atoms with Crippen molar-refractivity contribution in [3.8, 4) is 6.01 Å². The van der Waals surface area contributed by atoms with Crippen LogP contribution in [-0.2, 0) is 16.1 Å². The summed E-state index contributed by atoms with van der Waals surface area (Å²) in [5.41, 5.74) is -0.0328. The lowest BCUT2D eigenvalue weighted by molar-refractivity contribution is -0.192. The Hall–Kier alpha value is -2.24. The molecule has 0 amide bonds. The molecule has 2 aliphatic heterocycles. The van der Waals surface area contributed by atoms with Crippen molar-refractivity contribution >= 4 is 17.3 Å². The monoisotopic (exact) mass is 431 g/mol. The SMILES string of the molecule is O=C(O)C(F)(F)F.c1cnc(OC2CCOC3(C2)CN(Cc2cccs2)C3)nc1. The second-order valence-corrected chi connectivity index (χ2v) is 7.86. The van der Waals surface area contributed by atoms with Gasteiger partial charge in [-0.1, -0.05) is 6.07 Å². The molecule has 0 bridgehead atoms. The molecule has 1 atom stereocenters. The van der Waals surface area contributed by atoms with Gasteiger partial charge in [-0.05, 0) is 17.5 Å². The number of thiophene rings is 1. The van der Waals surface area contributed by atoms with E-state index in [1.165, 1.54) is 4.88 Å². The summed E-state index contributed by atoms with van der Waals surface area (Å²) in [6.07, 6.45) is 0.324. The molecule has 2 aliphatic rings. The van der Waals surface area contributed by atoms with Gasteiger partial charge in [-0.25, -0.2) is 14.8 Å². The number of halogens is 3. The van der Waals surface area contributed by atoms with Crippen LogP contribution < -0.4 is 4.74 Å². The minimum Gasteiger partial charge on any atom is -0.475 e. The number of aromatic nitrogens is 2. The number of likely N-dealkylation sites (tertiary alicyclic amines) is 1. The lowest BCUT2D eigenvalue weighted by atomic mass is 9.84. The van der Waals surface area contributed by atoms with E-state index in [1.807, 2.05) is 11.3 Å². The molecule has 4 heterocycles. The van der Waals surface area contributed by atoms with Gasteiger partial charge in [0.25, 0.3) is 0 Å². The molecule has 2 aromatic heterocycles.